The van der Waals surface area contributed by atoms with E-state index < -0.39 is 18.3 Å². The van der Waals surface area contributed by atoms with Crippen molar-refractivity contribution < 1.29 is 17.9 Å². The highest BCUT2D eigenvalue weighted by Gasteiger charge is 2.45. The van der Waals surface area contributed by atoms with E-state index in [-0.39, 0.29) is 17.7 Å². The maximum atomic E-state index is 12.8. The lowest BCUT2D eigenvalue weighted by molar-refractivity contribution is -0.200. The third kappa shape index (κ3) is 3.64. The minimum Gasteiger partial charge on any atom is -0.479 e. The molecule has 0 amide bonds. The van der Waals surface area contributed by atoms with E-state index in [1.807, 2.05) is 6.07 Å². The molecule has 0 heterocycles. The number of rotatable bonds is 4. The summed E-state index contributed by atoms with van der Waals surface area (Å²) in [7, 11) is 0. The summed E-state index contributed by atoms with van der Waals surface area (Å²) in [6.45, 7) is 1.55. The van der Waals surface area contributed by atoms with Crippen LogP contribution in [0, 0.1) is 11.3 Å². The monoisotopic (exact) mass is 258 g/mol. The first kappa shape index (κ1) is 14.3. The second kappa shape index (κ2) is 5.74. The second-order valence-electron chi connectivity index (χ2n) is 3.79. The van der Waals surface area contributed by atoms with Gasteiger partial charge in [0.15, 0.2) is 0 Å². The molecule has 1 aromatic carbocycles. The fraction of sp³-hybridized carbons (Fsp3) is 0.417. The molecule has 6 heteroatoms. The van der Waals surface area contributed by atoms with Crippen LogP contribution in [0.15, 0.2) is 24.3 Å². The molecule has 0 aliphatic rings. The molecule has 3 nitrogen and oxygen atoms in total. The average molecular weight is 258 g/mol. The molecule has 0 radical (unpaired) electrons. The maximum Gasteiger partial charge on any atom is 0.426 e. The Labute approximate surface area is 103 Å². The predicted molar refractivity (Wildman–Crippen MR) is 59.9 cm³/mol. The van der Waals surface area contributed by atoms with E-state index in [1.165, 1.54) is 24.3 Å². The maximum absolute atomic E-state index is 12.8. The van der Waals surface area contributed by atoms with Gasteiger partial charge in [-0.2, -0.15) is 18.4 Å². The van der Waals surface area contributed by atoms with E-state index in [0.29, 0.717) is 0 Å². The van der Waals surface area contributed by atoms with Crippen molar-refractivity contribution in [2.75, 3.05) is 0 Å². The van der Waals surface area contributed by atoms with Crippen molar-refractivity contribution in [2.45, 2.75) is 31.7 Å². The first-order valence-electron chi connectivity index (χ1n) is 5.37. The van der Waals surface area contributed by atoms with Gasteiger partial charge in [-0.15, -0.1) is 0 Å². The Morgan fingerprint density at radius 1 is 1.44 bits per heavy atom. The summed E-state index contributed by atoms with van der Waals surface area (Å²) in [4.78, 5) is 0. The number of hydrogen-bond donors (Lipinski definition) is 1. The number of hydrogen-bond acceptors (Lipinski definition) is 3. The van der Waals surface area contributed by atoms with Gasteiger partial charge in [-0.1, -0.05) is 13.0 Å². The van der Waals surface area contributed by atoms with Crippen LogP contribution in [0.4, 0.5) is 13.2 Å². The molecule has 0 aliphatic heterocycles. The molecule has 2 atom stereocenters. The highest BCUT2D eigenvalue weighted by Crippen LogP contribution is 2.28. The Hall–Kier alpha value is -1.74. The Balaban J connectivity index is 2.93. The number of ether oxygens (including phenoxy) is 1. The zero-order valence-corrected chi connectivity index (χ0v) is 9.74. The van der Waals surface area contributed by atoms with Gasteiger partial charge in [-0.05, 0) is 24.6 Å². The van der Waals surface area contributed by atoms with Crippen LogP contribution in [-0.2, 0) is 0 Å². The molecule has 0 aliphatic carbocycles. The van der Waals surface area contributed by atoms with Crippen molar-refractivity contribution in [3.63, 3.8) is 0 Å². The van der Waals surface area contributed by atoms with Crippen LogP contribution < -0.4 is 10.5 Å². The van der Waals surface area contributed by atoms with E-state index in [9.17, 15) is 13.2 Å². The van der Waals surface area contributed by atoms with Crippen molar-refractivity contribution in [3.05, 3.63) is 29.8 Å². The second-order valence-corrected chi connectivity index (χ2v) is 3.79. The zero-order valence-electron chi connectivity index (χ0n) is 9.74. The van der Waals surface area contributed by atoms with Crippen LogP contribution in [0.5, 0.6) is 5.75 Å². The van der Waals surface area contributed by atoms with Gasteiger partial charge < -0.3 is 10.5 Å². The lowest BCUT2D eigenvalue weighted by Gasteiger charge is -2.26. The van der Waals surface area contributed by atoms with Crippen molar-refractivity contribution in [1.82, 2.24) is 0 Å². The van der Waals surface area contributed by atoms with Crippen LogP contribution >= 0.6 is 0 Å². The molecular formula is C12H13F3N2O. The first-order chi connectivity index (χ1) is 8.38. The Morgan fingerprint density at radius 2 is 2.11 bits per heavy atom. The quantitative estimate of drug-likeness (QED) is 0.903. The van der Waals surface area contributed by atoms with E-state index in [4.69, 9.17) is 15.7 Å². The molecule has 2 unspecified atom stereocenters. The molecule has 0 spiro atoms. The van der Waals surface area contributed by atoms with E-state index in [0.717, 1.165) is 0 Å². The molecule has 1 rings (SSSR count). The minimum atomic E-state index is -4.54. The van der Waals surface area contributed by atoms with Gasteiger partial charge in [0.05, 0.1) is 17.7 Å². The molecule has 1 aromatic rings. The molecular weight excluding hydrogens is 245 g/mol. The molecule has 0 bridgehead atoms. The molecule has 2 N–H and O–H groups in total. The van der Waals surface area contributed by atoms with Crippen molar-refractivity contribution in [3.8, 4) is 11.8 Å². The van der Waals surface area contributed by atoms with Gasteiger partial charge in [-0.25, -0.2) is 0 Å². The summed E-state index contributed by atoms with van der Waals surface area (Å²) in [5.74, 6) is -0.0136. The highest BCUT2D eigenvalue weighted by atomic mass is 19.4. The number of alkyl halides is 3. The molecule has 0 saturated heterocycles. The Kier molecular flexibility index (Phi) is 4.56. The van der Waals surface area contributed by atoms with Crippen LogP contribution in [0.3, 0.4) is 0 Å². The fourth-order valence-corrected chi connectivity index (χ4v) is 1.40. The summed E-state index contributed by atoms with van der Waals surface area (Å²) in [5.41, 5.74) is 5.65. The standard InChI is InChI=1S/C12H13F3N2O/c1-2-10(17)11(12(13,14)15)18-9-5-3-4-8(6-9)7-16/h3-6,10-11H,2,17H2,1H3. The molecule has 0 fully saturated rings. The third-order valence-electron chi connectivity index (χ3n) is 2.41. The molecule has 98 valence electrons. The van der Waals surface area contributed by atoms with Crippen LogP contribution in [0.2, 0.25) is 0 Å². The van der Waals surface area contributed by atoms with E-state index >= 15 is 0 Å². The zero-order chi connectivity index (χ0) is 13.8. The summed E-state index contributed by atoms with van der Waals surface area (Å²) >= 11 is 0. The van der Waals surface area contributed by atoms with Gasteiger partial charge in [0.2, 0.25) is 6.10 Å². The number of benzene rings is 1. The highest BCUT2D eigenvalue weighted by molar-refractivity contribution is 5.36. The summed E-state index contributed by atoms with van der Waals surface area (Å²) < 4.78 is 43.1. The normalized spacial score (nSPS) is 14.7. The fourth-order valence-electron chi connectivity index (χ4n) is 1.40. The van der Waals surface area contributed by atoms with E-state index in [2.05, 4.69) is 0 Å². The van der Waals surface area contributed by atoms with Crippen LogP contribution in [0.25, 0.3) is 0 Å². The van der Waals surface area contributed by atoms with Crippen LogP contribution in [0.1, 0.15) is 18.9 Å². The van der Waals surface area contributed by atoms with Gasteiger partial charge in [0.1, 0.15) is 5.75 Å². The minimum absolute atomic E-state index is 0.0136. The van der Waals surface area contributed by atoms with Crippen LogP contribution in [-0.4, -0.2) is 18.3 Å². The van der Waals surface area contributed by atoms with Crippen molar-refractivity contribution in [2.24, 2.45) is 5.73 Å². The SMILES string of the molecule is CCC(N)C(Oc1cccc(C#N)c1)C(F)(F)F. The predicted octanol–water partition coefficient (Wildman–Crippen LogP) is 2.61. The molecule has 0 aromatic heterocycles. The van der Waals surface area contributed by atoms with E-state index in [1.54, 1.807) is 6.92 Å². The van der Waals surface area contributed by atoms with Crippen molar-refractivity contribution in [1.29, 1.82) is 5.26 Å². The van der Waals surface area contributed by atoms with Gasteiger partial charge in [0.25, 0.3) is 0 Å². The Morgan fingerprint density at radius 3 is 2.61 bits per heavy atom. The summed E-state index contributed by atoms with van der Waals surface area (Å²) in [6.07, 6.45) is -6.48. The molecule has 18 heavy (non-hydrogen) atoms. The molecule has 0 saturated carbocycles. The van der Waals surface area contributed by atoms with Crippen molar-refractivity contribution >= 4 is 0 Å². The van der Waals surface area contributed by atoms with Gasteiger partial charge in [0, 0.05) is 0 Å². The third-order valence-corrected chi connectivity index (χ3v) is 2.41. The first-order valence-corrected chi connectivity index (χ1v) is 5.37. The largest absolute Gasteiger partial charge is 0.479 e. The summed E-state index contributed by atoms with van der Waals surface area (Å²) in [6, 6.07) is 6.24. The number of nitrogens with two attached hydrogens (primary N) is 1. The summed E-state index contributed by atoms with van der Waals surface area (Å²) in [5, 5.41) is 8.66. The lowest BCUT2D eigenvalue weighted by atomic mass is 10.1. The number of nitriles is 1. The topological polar surface area (TPSA) is 59.0 Å². The number of nitrogens with zero attached hydrogens (tertiary/aromatic N) is 1. The van der Waals surface area contributed by atoms with Gasteiger partial charge in [-0.3, -0.25) is 0 Å². The lowest BCUT2D eigenvalue weighted by Crippen LogP contribution is -2.48. The van der Waals surface area contributed by atoms with Gasteiger partial charge >= 0.3 is 6.18 Å². The number of halogens is 3. The Bertz CT molecular complexity index is 440. The average Bonchev–Trinajstić information content (AvgIpc) is 2.34. The smallest absolute Gasteiger partial charge is 0.426 e.